The van der Waals surface area contributed by atoms with Gasteiger partial charge in [0, 0.05) is 5.75 Å². The number of thioether (sulfide) groups is 1. The van der Waals surface area contributed by atoms with Gasteiger partial charge >= 0.3 is 5.97 Å². The van der Waals surface area contributed by atoms with Crippen LogP contribution in [-0.4, -0.2) is 35.7 Å². The maximum absolute atomic E-state index is 11.0. The van der Waals surface area contributed by atoms with Crippen molar-refractivity contribution in [1.82, 2.24) is 0 Å². The molecule has 0 aliphatic carbocycles. The number of esters is 1. The lowest BCUT2D eigenvalue weighted by Crippen LogP contribution is -2.31. The van der Waals surface area contributed by atoms with Gasteiger partial charge in [-0.3, -0.25) is 4.79 Å². The molecule has 0 amide bonds. The Morgan fingerprint density at radius 3 is 3.08 bits per heavy atom. The van der Waals surface area contributed by atoms with Crippen molar-refractivity contribution >= 4 is 29.3 Å². The van der Waals surface area contributed by atoms with Crippen LogP contribution in [0.5, 0.6) is 0 Å². The summed E-state index contributed by atoms with van der Waals surface area (Å²) >= 11 is 7.22. The molecule has 1 heterocycles. The predicted octanol–water partition coefficient (Wildman–Crippen LogP) is 1.25. The number of ether oxygens (including phenoxy) is 2. The summed E-state index contributed by atoms with van der Waals surface area (Å²) in [4.78, 5) is 11.0. The van der Waals surface area contributed by atoms with Gasteiger partial charge in [-0.1, -0.05) is 0 Å². The molecule has 70 valence electrons. The van der Waals surface area contributed by atoms with E-state index in [1.54, 1.807) is 18.7 Å². The fraction of sp³-hybridized carbons (Fsp3) is 0.857. The summed E-state index contributed by atoms with van der Waals surface area (Å²) in [7, 11) is 0. The second kappa shape index (κ2) is 4.94. The van der Waals surface area contributed by atoms with Gasteiger partial charge in [0.2, 0.25) is 6.29 Å². The van der Waals surface area contributed by atoms with Gasteiger partial charge < -0.3 is 9.47 Å². The van der Waals surface area contributed by atoms with E-state index in [2.05, 4.69) is 0 Å². The first-order valence-electron chi connectivity index (χ1n) is 3.74. The van der Waals surface area contributed by atoms with E-state index in [0.29, 0.717) is 12.4 Å². The lowest BCUT2D eigenvalue weighted by molar-refractivity contribution is -0.172. The molecule has 0 bridgehead atoms. The normalized spacial score (nSPS) is 26.3. The van der Waals surface area contributed by atoms with E-state index in [1.165, 1.54) is 0 Å². The van der Waals surface area contributed by atoms with Gasteiger partial charge in [-0.15, -0.1) is 11.6 Å². The molecule has 0 aromatic heterocycles. The van der Waals surface area contributed by atoms with Crippen molar-refractivity contribution in [2.45, 2.75) is 18.6 Å². The van der Waals surface area contributed by atoms with E-state index in [9.17, 15) is 4.79 Å². The average Bonchev–Trinajstić information content (AvgIpc) is 2.06. The zero-order chi connectivity index (χ0) is 8.97. The van der Waals surface area contributed by atoms with Crippen LogP contribution >= 0.6 is 23.4 Å². The molecule has 0 saturated carbocycles. The van der Waals surface area contributed by atoms with Crippen molar-refractivity contribution in [3.8, 4) is 0 Å². The molecule has 2 unspecified atom stereocenters. The molecule has 1 rings (SSSR count). The van der Waals surface area contributed by atoms with E-state index in [1.807, 2.05) is 0 Å². The van der Waals surface area contributed by atoms with E-state index in [-0.39, 0.29) is 0 Å². The van der Waals surface area contributed by atoms with Crippen molar-refractivity contribution in [3.63, 3.8) is 0 Å². The molecule has 0 spiro atoms. The highest BCUT2D eigenvalue weighted by Crippen LogP contribution is 2.14. The summed E-state index contributed by atoms with van der Waals surface area (Å²) in [5.41, 5.74) is 0. The summed E-state index contributed by atoms with van der Waals surface area (Å²) in [5.74, 6) is 1.25. The molecule has 0 aromatic carbocycles. The number of alkyl halides is 1. The van der Waals surface area contributed by atoms with Gasteiger partial charge in [-0.05, 0) is 6.92 Å². The third-order valence-electron chi connectivity index (χ3n) is 1.36. The Labute approximate surface area is 80.7 Å². The fourth-order valence-corrected chi connectivity index (χ4v) is 1.55. The first-order valence-corrected chi connectivity index (χ1v) is 5.33. The van der Waals surface area contributed by atoms with Gasteiger partial charge in [0.1, 0.15) is 5.38 Å². The average molecular weight is 211 g/mol. The van der Waals surface area contributed by atoms with Crippen LogP contribution < -0.4 is 0 Å². The Balaban J connectivity index is 2.24. The largest absolute Gasteiger partial charge is 0.434 e. The number of hydrogen-bond acceptors (Lipinski definition) is 4. The third-order valence-corrected chi connectivity index (χ3v) is 2.50. The smallest absolute Gasteiger partial charge is 0.326 e. The topological polar surface area (TPSA) is 35.5 Å². The molecule has 1 aliphatic heterocycles. The van der Waals surface area contributed by atoms with Gasteiger partial charge in [-0.2, -0.15) is 11.8 Å². The second-order valence-electron chi connectivity index (χ2n) is 2.43. The highest BCUT2D eigenvalue weighted by Gasteiger charge is 2.20. The maximum Gasteiger partial charge on any atom is 0.326 e. The molecule has 0 radical (unpaired) electrons. The minimum absolute atomic E-state index is 0.405. The third kappa shape index (κ3) is 3.21. The van der Waals surface area contributed by atoms with Crippen LogP contribution in [0.4, 0.5) is 0 Å². The Hall–Kier alpha value is 0.0700. The van der Waals surface area contributed by atoms with Crippen LogP contribution in [0.1, 0.15) is 6.92 Å². The first-order chi connectivity index (χ1) is 5.70. The number of carbonyl (C=O) groups is 1. The lowest BCUT2D eigenvalue weighted by atomic mass is 10.5. The fourth-order valence-electron chi connectivity index (χ4n) is 0.758. The van der Waals surface area contributed by atoms with Gasteiger partial charge in [-0.25, -0.2) is 0 Å². The van der Waals surface area contributed by atoms with Crippen LogP contribution in [0.3, 0.4) is 0 Å². The quantitative estimate of drug-likeness (QED) is 0.508. The van der Waals surface area contributed by atoms with Crippen LogP contribution in [0.25, 0.3) is 0 Å². The molecule has 0 aromatic rings. The van der Waals surface area contributed by atoms with Crippen LogP contribution in [-0.2, 0) is 14.3 Å². The second-order valence-corrected chi connectivity index (χ2v) is 4.23. The molecule has 1 aliphatic rings. The molecule has 0 N–H and O–H groups in total. The Morgan fingerprint density at radius 2 is 2.58 bits per heavy atom. The van der Waals surface area contributed by atoms with Crippen molar-refractivity contribution in [1.29, 1.82) is 0 Å². The van der Waals surface area contributed by atoms with Gasteiger partial charge in [0.25, 0.3) is 0 Å². The number of hydrogen-bond donors (Lipinski definition) is 0. The molecule has 1 fully saturated rings. The molecule has 2 atom stereocenters. The van der Waals surface area contributed by atoms with E-state index in [4.69, 9.17) is 21.1 Å². The minimum Gasteiger partial charge on any atom is -0.434 e. The first kappa shape index (κ1) is 10.2. The summed E-state index contributed by atoms with van der Waals surface area (Å²) in [5, 5.41) is -0.597. The summed E-state index contributed by atoms with van der Waals surface area (Å²) < 4.78 is 10.1. The molecular formula is C7H11ClO3S. The maximum atomic E-state index is 11.0. The molecular weight excluding hydrogens is 200 g/mol. The summed E-state index contributed by atoms with van der Waals surface area (Å²) in [6.45, 7) is 2.22. The van der Waals surface area contributed by atoms with Crippen molar-refractivity contribution in [3.05, 3.63) is 0 Å². The molecule has 12 heavy (non-hydrogen) atoms. The SMILES string of the molecule is CC(Cl)C(=O)OC1CSCCO1. The van der Waals surface area contributed by atoms with E-state index in [0.717, 1.165) is 5.75 Å². The minimum atomic E-state index is -0.597. The highest BCUT2D eigenvalue weighted by molar-refractivity contribution is 7.99. The van der Waals surface area contributed by atoms with Crippen LogP contribution in [0.15, 0.2) is 0 Å². The summed E-state index contributed by atoms with van der Waals surface area (Å²) in [6, 6.07) is 0. The van der Waals surface area contributed by atoms with Gasteiger partial charge in [0.15, 0.2) is 0 Å². The van der Waals surface area contributed by atoms with E-state index >= 15 is 0 Å². The molecule has 1 saturated heterocycles. The van der Waals surface area contributed by atoms with Crippen molar-refractivity contribution in [2.24, 2.45) is 0 Å². The number of rotatable bonds is 2. The Kier molecular flexibility index (Phi) is 4.18. The van der Waals surface area contributed by atoms with Crippen molar-refractivity contribution in [2.75, 3.05) is 18.1 Å². The Morgan fingerprint density at radius 1 is 1.83 bits per heavy atom. The molecule has 3 nitrogen and oxygen atoms in total. The highest BCUT2D eigenvalue weighted by atomic mass is 35.5. The number of halogens is 1. The number of carbonyl (C=O) groups excluding carboxylic acids is 1. The zero-order valence-electron chi connectivity index (χ0n) is 6.79. The van der Waals surface area contributed by atoms with Gasteiger partial charge in [0.05, 0.1) is 12.4 Å². The lowest BCUT2D eigenvalue weighted by Gasteiger charge is -2.22. The zero-order valence-corrected chi connectivity index (χ0v) is 8.36. The van der Waals surface area contributed by atoms with Crippen LogP contribution in [0.2, 0.25) is 0 Å². The van der Waals surface area contributed by atoms with E-state index < -0.39 is 17.6 Å². The summed E-state index contributed by atoms with van der Waals surface area (Å²) in [6.07, 6.45) is -0.405. The van der Waals surface area contributed by atoms with Crippen LogP contribution in [0, 0.1) is 0 Å². The monoisotopic (exact) mass is 210 g/mol. The molecule has 5 heteroatoms. The predicted molar refractivity (Wildman–Crippen MR) is 48.5 cm³/mol. The Bertz CT molecular complexity index is 157. The van der Waals surface area contributed by atoms with Crippen molar-refractivity contribution < 1.29 is 14.3 Å². The standard InChI is InChI=1S/C7H11ClO3S/c1-5(8)7(9)11-6-4-12-3-2-10-6/h5-6H,2-4H2,1H3.